The molecule has 1 aliphatic rings. The molecular weight excluding hydrogens is 114 g/mol. The molecule has 0 aromatic carbocycles. The number of aliphatic imine (C=N–C) groups is 1. The van der Waals surface area contributed by atoms with Crippen molar-refractivity contribution < 1.29 is 0 Å². The van der Waals surface area contributed by atoms with Gasteiger partial charge in [0.1, 0.15) is 5.84 Å². The number of nitrogens with zero attached hydrogens (tertiary/aromatic N) is 1. The maximum Gasteiger partial charge on any atom is 0.127 e. The summed E-state index contributed by atoms with van der Waals surface area (Å²) >= 11 is 0. The zero-order valence-corrected chi connectivity index (χ0v) is 5.04. The van der Waals surface area contributed by atoms with Crippen LogP contribution in [0.1, 0.15) is 0 Å². The third-order valence-corrected chi connectivity index (χ3v) is 1.14. The molecule has 9 heavy (non-hydrogen) atoms. The van der Waals surface area contributed by atoms with Gasteiger partial charge in [0.2, 0.25) is 0 Å². The van der Waals surface area contributed by atoms with E-state index in [1.54, 1.807) is 0 Å². The summed E-state index contributed by atoms with van der Waals surface area (Å²) in [7, 11) is 0. The quantitative estimate of drug-likeness (QED) is 0.466. The van der Waals surface area contributed by atoms with Gasteiger partial charge in [-0.05, 0) is 0 Å². The van der Waals surface area contributed by atoms with E-state index in [0.717, 1.165) is 5.57 Å². The van der Waals surface area contributed by atoms with Crippen molar-refractivity contribution in [3.05, 3.63) is 23.9 Å². The molecule has 0 radical (unpaired) electrons. The lowest BCUT2D eigenvalue weighted by Gasteiger charge is -2.03. The van der Waals surface area contributed by atoms with Gasteiger partial charge in [0.05, 0.1) is 6.54 Å². The van der Waals surface area contributed by atoms with Crippen LogP contribution < -0.4 is 11.5 Å². The van der Waals surface area contributed by atoms with Crippen LogP contribution in [0.15, 0.2) is 28.9 Å². The van der Waals surface area contributed by atoms with Crippen molar-refractivity contribution in [2.45, 2.75) is 0 Å². The van der Waals surface area contributed by atoms with Crippen LogP contribution in [-0.4, -0.2) is 12.4 Å². The smallest absolute Gasteiger partial charge is 0.127 e. The third kappa shape index (κ3) is 1.10. The molecule has 0 saturated heterocycles. The van der Waals surface area contributed by atoms with Gasteiger partial charge >= 0.3 is 0 Å². The minimum Gasteiger partial charge on any atom is -0.404 e. The van der Waals surface area contributed by atoms with Gasteiger partial charge in [-0.1, -0.05) is 12.2 Å². The van der Waals surface area contributed by atoms with Crippen molar-refractivity contribution in [3.63, 3.8) is 0 Å². The number of amidine groups is 1. The normalized spacial score (nSPS) is 22.2. The van der Waals surface area contributed by atoms with Crippen molar-refractivity contribution in [2.75, 3.05) is 6.54 Å². The zero-order chi connectivity index (χ0) is 6.69. The van der Waals surface area contributed by atoms with Crippen LogP contribution in [0.5, 0.6) is 0 Å². The summed E-state index contributed by atoms with van der Waals surface area (Å²) in [4.78, 5) is 3.94. The highest BCUT2D eigenvalue weighted by Gasteiger charge is 1.99. The maximum absolute atomic E-state index is 5.44. The Morgan fingerprint density at radius 3 is 2.89 bits per heavy atom. The SMILES string of the molecule is NC=C1C=CCN=C1N. The van der Waals surface area contributed by atoms with Gasteiger partial charge < -0.3 is 11.5 Å². The van der Waals surface area contributed by atoms with E-state index < -0.39 is 0 Å². The summed E-state index contributed by atoms with van der Waals surface area (Å²) in [5, 5.41) is 0. The highest BCUT2D eigenvalue weighted by atomic mass is 14.9. The molecular formula is C6H9N3. The van der Waals surface area contributed by atoms with Crippen LogP contribution in [-0.2, 0) is 0 Å². The summed E-state index contributed by atoms with van der Waals surface area (Å²) in [5.41, 5.74) is 11.5. The first-order valence-corrected chi connectivity index (χ1v) is 2.73. The fourth-order valence-corrected chi connectivity index (χ4v) is 0.648. The molecule has 0 aliphatic carbocycles. The van der Waals surface area contributed by atoms with E-state index in [0.29, 0.717) is 12.4 Å². The Balaban J connectivity index is 2.83. The molecule has 0 aromatic rings. The number of nitrogens with two attached hydrogens (primary N) is 2. The van der Waals surface area contributed by atoms with E-state index in [1.807, 2.05) is 12.2 Å². The lowest BCUT2D eigenvalue weighted by atomic mass is 10.2. The van der Waals surface area contributed by atoms with Crippen molar-refractivity contribution in [1.82, 2.24) is 0 Å². The maximum atomic E-state index is 5.44. The van der Waals surface area contributed by atoms with Crippen molar-refractivity contribution in [2.24, 2.45) is 16.5 Å². The Morgan fingerprint density at radius 1 is 1.67 bits per heavy atom. The van der Waals surface area contributed by atoms with Crippen LogP contribution in [0.4, 0.5) is 0 Å². The second-order valence-corrected chi connectivity index (χ2v) is 1.75. The van der Waals surface area contributed by atoms with Crippen LogP contribution in [0.2, 0.25) is 0 Å². The Kier molecular flexibility index (Phi) is 1.53. The van der Waals surface area contributed by atoms with E-state index in [2.05, 4.69) is 4.99 Å². The first kappa shape index (κ1) is 5.88. The van der Waals surface area contributed by atoms with Crippen molar-refractivity contribution >= 4 is 5.84 Å². The van der Waals surface area contributed by atoms with Gasteiger partial charge in [0.15, 0.2) is 0 Å². The van der Waals surface area contributed by atoms with Gasteiger partial charge in [-0.25, -0.2) is 0 Å². The van der Waals surface area contributed by atoms with Gasteiger partial charge in [-0.15, -0.1) is 0 Å². The molecule has 1 rings (SSSR count). The molecule has 1 heterocycles. The van der Waals surface area contributed by atoms with Gasteiger partial charge in [-0.3, -0.25) is 4.99 Å². The Hall–Kier alpha value is -1.25. The van der Waals surface area contributed by atoms with Gasteiger partial charge in [0.25, 0.3) is 0 Å². The average Bonchev–Trinajstić information content (AvgIpc) is 1.89. The molecule has 3 heteroatoms. The first-order valence-electron chi connectivity index (χ1n) is 2.73. The predicted octanol–water partition coefficient (Wildman–Crippen LogP) is -0.244. The largest absolute Gasteiger partial charge is 0.404 e. The van der Waals surface area contributed by atoms with E-state index in [1.165, 1.54) is 6.20 Å². The third-order valence-electron chi connectivity index (χ3n) is 1.14. The second kappa shape index (κ2) is 2.35. The summed E-state index contributed by atoms with van der Waals surface area (Å²) < 4.78 is 0. The number of dihydropyridines is 1. The second-order valence-electron chi connectivity index (χ2n) is 1.75. The molecule has 0 atom stereocenters. The molecule has 4 N–H and O–H groups in total. The molecule has 0 unspecified atom stereocenters. The summed E-state index contributed by atoms with van der Waals surface area (Å²) in [6, 6.07) is 0. The number of hydrogen-bond donors (Lipinski definition) is 2. The summed E-state index contributed by atoms with van der Waals surface area (Å²) in [6.07, 6.45) is 5.23. The minimum atomic E-state index is 0.528. The molecule has 3 nitrogen and oxygen atoms in total. The van der Waals surface area contributed by atoms with Gasteiger partial charge in [0, 0.05) is 11.8 Å². The van der Waals surface area contributed by atoms with Crippen LogP contribution in [0.3, 0.4) is 0 Å². The van der Waals surface area contributed by atoms with E-state index in [-0.39, 0.29) is 0 Å². The minimum absolute atomic E-state index is 0.528. The monoisotopic (exact) mass is 123 g/mol. The standard InChI is InChI=1S/C6H9N3/c7-4-5-2-1-3-9-6(5)8/h1-2,4H,3,7H2,(H2,8,9). The van der Waals surface area contributed by atoms with Gasteiger partial charge in [-0.2, -0.15) is 0 Å². The van der Waals surface area contributed by atoms with E-state index >= 15 is 0 Å². The Labute approximate surface area is 53.8 Å². The Morgan fingerprint density at radius 2 is 2.44 bits per heavy atom. The molecule has 0 saturated carbocycles. The number of rotatable bonds is 0. The molecule has 48 valence electrons. The Bertz CT molecular complexity index is 188. The molecule has 0 spiro atoms. The fourth-order valence-electron chi connectivity index (χ4n) is 0.648. The molecule has 0 amide bonds. The van der Waals surface area contributed by atoms with Crippen LogP contribution in [0, 0.1) is 0 Å². The first-order chi connectivity index (χ1) is 4.34. The van der Waals surface area contributed by atoms with Crippen molar-refractivity contribution in [3.8, 4) is 0 Å². The molecule has 0 aromatic heterocycles. The van der Waals surface area contributed by atoms with Crippen LogP contribution >= 0.6 is 0 Å². The van der Waals surface area contributed by atoms with Crippen molar-refractivity contribution in [1.29, 1.82) is 0 Å². The number of hydrogen-bond acceptors (Lipinski definition) is 3. The molecule has 0 fully saturated rings. The predicted molar refractivity (Wildman–Crippen MR) is 37.9 cm³/mol. The highest BCUT2D eigenvalue weighted by Crippen LogP contribution is 1.99. The van der Waals surface area contributed by atoms with E-state index in [9.17, 15) is 0 Å². The average molecular weight is 123 g/mol. The highest BCUT2D eigenvalue weighted by molar-refractivity contribution is 6.00. The van der Waals surface area contributed by atoms with E-state index in [4.69, 9.17) is 11.5 Å². The summed E-state index contributed by atoms with van der Waals surface area (Å²) in [6.45, 7) is 0.670. The van der Waals surface area contributed by atoms with Crippen LogP contribution in [0.25, 0.3) is 0 Å². The molecule has 0 bridgehead atoms. The topological polar surface area (TPSA) is 64.4 Å². The lowest BCUT2D eigenvalue weighted by molar-refractivity contribution is 1.20. The zero-order valence-electron chi connectivity index (χ0n) is 5.04. The lowest BCUT2D eigenvalue weighted by Crippen LogP contribution is -2.17. The molecule has 1 aliphatic heterocycles. The fraction of sp³-hybridized carbons (Fsp3) is 0.167. The summed E-state index contributed by atoms with van der Waals surface area (Å²) in [5.74, 6) is 0.528.